The summed E-state index contributed by atoms with van der Waals surface area (Å²) >= 11 is 5.89. The normalized spacial score (nSPS) is 19.4. The third kappa shape index (κ3) is 5.77. The number of hydrogen-bond acceptors (Lipinski definition) is 8. The van der Waals surface area contributed by atoms with Crippen LogP contribution in [-0.4, -0.2) is 83.3 Å². The monoisotopic (exact) mass is 568 g/mol. The van der Waals surface area contributed by atoms with Crippen molar-refractivity contribution in [2.75, 3.05) is 44.5 Å². The first-order chi connectivity index (χ1) is 19.2. The molecule has 0 aromatic carbocycles. The van der Waals surface area contributed by atoms with E-state index in [0.29, 0.717) is 43.9 Å². The molecule has 0 atom stereocenters. The maximum atomic E-state index is 13.4. The minimum absolute atomic E-state index is 0.0241. The number of furan rings is 1. The Labute approximate surface area is 235 Å². The number of morpholine rings is 1. The highest BCUT2D eigenvalue weighted by molar-refractivity contribution is 6.30. The number of rotatable bonds is 6. The lowest BCUT2D eigenvalue weighted by Crippen LogP contribution is -2.49. The molecule has 3 aromatic rings. The molecule has 4 amide bonds. The van der Waals surface area contributed by atoms with Crippen molar-refractivity contribution < 1.29 is 28.3 Å². The maximum Gasteiger partial charge on any atom is 0.294 e. The Balaban J connectivity index is 1.39. The maximum absolute atomic E-state index is 13.4. The van der Waals surface area contributed by atoms with E-state index in [1.54, 1.807) is 20.2 Å². The fourth-order valence-corrected chi connectivity index (χ4v) is 5.13. The van der Waals surface area contributed by atoms with E-state index in [2.05, 4.69) is 20.6 Å². The van der Waals surface area contributed by atoms with Crippen LogP contribution in [0, 0.1) is 5.92 Å². The first kappa shape index (κ1) is 27.5. The molecule has 2 fully saturated rings. The minimum Gasteiger partial charge on any atom is -0.447 e. The Hall–Kier alpha value is -4.03. The summed E-state index contributed by atoms with van der Waals surface area (Å²) in [5, 5.41) is 5.90. The van der Waals surface area contributed by atoms with Crippen LogP contribution in [0.4, 0.5) is 11.5 Å². The Bertz CT molecular complexity index is 1450. The first-order valence-corrected chi connectivity index (χ1v) is 13.3. The minimum atomic E-state index is -0.654. The van der Waals surface area contributed by atoms with E-state index in [1.165, 1.54) is 29.3 Å². The molecular weight excluding hydrogens is 540 g/mol. The van der Waals surface area contributed by atoms with E-state index in [1.807, 2.05) is 4.90 Å². The highest BCUT2D eigenvalue weighted by atomic mass is 35.5. The largest absolute Gasteiger partial charge is 0.447 e. The van der Waals surface area contributed by atoms with Crippen LogP contribution in [0.2, 0.25) is 5.02 Å². The molecule has 2 aliphatic rings. The second-order valence-corrected chi connectivity index (χ2v) is 10.4. The molecule has 3 aromatic heterocycles. The molecule has 13 heteroatoms. The SMILES string of the molecule is CN(C)C(=O)c1ccc2oc(C(=O)Nc3ccc(Cl)cn3)c(NC(=O)[C@H]3CC[C@H](N4CCOCC4=O)CC3)c2n1. The number of halogens is 1. The molecule has 12 nitrogen and oxygen atoms in total. The molecule has 1 aliphatic carbocycles. The van der Waals surface area contributed by atoms with E-state index in [-0.39, 0.29) is 70.3 Å². The molecule has 1 aliphatic heterocycles. The van der Waals surface area contributed by atoms with Gasteiger partial charge in [0.1, 0.15) is 29.3 Å². The number of fused-ring (bicyclic) bond motifs is 1. The summed E-state index contributed by atoms with van der Waals surface area (Å²) in [6.07, 6.45) is 3.91. The smallest absolute Gasteiger partial charge is 0.294 e. The van der Waals surface area contributed by atoms with Gasteiger partial charge in [0.15, 0.2) is 5.58 Å². The average molecular weight is 569 g/mol. The molecule has 40 heavy (non-hydrogen) atoms. The van der Waals surface area contributed by atoms with Gasteiger partial charge in [-0.25, -0.2) is 9.97 Å². The Morgan fingerprint density at radius 3 is 2.52 bits per heavy atom. The van der Waals surface area contributed by atoms with Crippen LogP contribution in [-0.2, 0) is 14.3 Å². The van der Waals surface area contributed by atoms with E-state index in [4.69, 9.17) is 20.8 Å². The number of pyridine rings is 2. The average Bonchev–Trinajstić information content (AvgIpc) is 3.31. The zero-order valence-electron chi connectivity index (χ0n) is 22.1. The summed E-state index contributed by atoms with van der Waals surface area (Å²) in [7, 11) is 3.20. The van der Waals surface area contributed by atoms with Crippen molar-refractivity contribution in [2.24, 2.45) is 5.92 Å². The zero-order chi connectivity index (χ0) is 28.4. The summed E-state index contributed by atoms with van der Waals surface area (Å²) in [4.78, 5) is 63.2. The van der Waals surface area contributed by atoms with Gasteiger partial charge in [0.05, 0.1) is 11.6 Å². The van der Waals surface area contributed by atoms with Crippen LogP contribution < -0.4 is 10.6 Å². The molecule has 2 N–H and O–H groups in total. The lowest BCUT2D eigenvalue weighted by Gasteiger charge is -2.38. The van der Waals surface area contributed by atoms with Gasteiger partial charge < -0.3 is 29.6 Å². The molecule has 5 rings (SSSR count). The van der Waals surface area contributed by atoms with Crippen LogP contribution in [0.3, 0.4) is 0 Å². The number of amides is 4. The van der Waals surface area contributed by atoms with Gasteiger partial charge in [-0.05, 0) is 49.9 Å². The van der Waals surface area contributed by atoms with Gasteiger partial charge in [-0.3, -0.25) is 19.2 Å². The van der Waals surface area contributed by atoms with E-state index < -0.39 is 5.91 Å². The van der Waals surface area contributed by atoms with E-state index in [0.717, 1.165) is 0 Å². The van der Waals surface area contributed by atoms with Crippen molar-refractivity contribution >= 4 is 57.8 Å². The number of aromatic nitrogens is 2. The number of hydrogen-bond donors (Lipinski definition) is 2. The number of carbonyl (C=O) groups is 4. The Morgan fingerprint density at radius 2 is 1.85 bits per heavy atom. The van der Waals surface area contributed by atoms with Crippen LogP contribution >= 0.6 is 11.6 Å². The Morgan fingerprint density at radius 1 is 1.07 bits per heavy atom. The van der Waals surface area contributed by atoms with Crippen LogP contribution in [0.1, 0.15) is 46.7 Å². The lowest BCUT2D eigenvalue weighted by atomic mass is 9.84. The summed E-state index contributed by atoms with van der Waals surface area (Å²) in [6.45, 7) is 1.17. The van der Waals surface area contributed by atoms with Gasteiger partial charge >= 0.3 is 0 Å². The summed E-state index contributed by atoms with van der Waals surface area (Å²) in [6, 6.07) is 6.22. The third-order valence-corrected chi connectivity index (χ3v) is 7.34. The number of anilines is 2. The molecule has 0 unspecified atom stereocenters. The number of ether oxygens (including phenoxy) is 1. The predicted octanol–water partition coefficient (Wildman–Crippen LogP) is 3.19. The van der Waals surface area contributed by atoms with Crippen molar-refractivity contribution in [3.05, 3.63) is 46.9 Å². The third-order valence-electron chi connectivity index (χ3n) is 7.11. The quantitative estimate of drug-likeness (QED) is 0.461. The van der Waals surface area contributed by atoms with Gasteiger partial charge in [-0.1, -0.05) is 11.6 Å². The molecular formula is C27H29ClN6O6. The van der Waals surface area contributed by atoms with Crippen molar-refractivity contribution in [3.63, 3.8) is 0 Å². The van der Waals surface area contributed by atoms with Gasteiger partial charge in [0.2, 0.25) is 17.6 Å². The summed E-state index contributed by atoms with van der Waals surface area (Å²) < 4.78 is 11.1. The van der Waals surface area contributed by atoms with E-state index >= 15 is 0 Å². The summed E-state index contributed by atoms with van der Waals surface area (Å²) in [5.74, 6) is -1.58. The zero-order valence-corrected chi connectivity index (χ0v) is 22.9. The Kier molecular flexibility index (Phi) is 7.99. The second kappa shape index (κ2) is 11.6. The first-order valence-electron chi connectivity index (χ1n) is 13.0. The number of carbonyl (C=O) groups excluding carboxylic acids is 4. The lowest BCUT2D eigenvalue weighted by molar-refractivity contribution is -0.146. The van der Waals surface area contributed by atoms with Crippen molar-refractivity contribution in [1.82, 2.24) is 19.8 Å². The molecule has 0 spiro atoms. The fraction of sp³-hybridized carbons (Fsp3) is 0.407. The molecule has 210 valence electrons. The standard InChI is InChI=1S/C27H29ClN6O6/c1-33(2)27(38)18-8-9-19-22(30-18)23(24(40-19)26(37)31-20-10-5-16(28)13-29-20)32-25(36)15-3-6-17(7-4-15)34-11-12-39-14-21(34)35/h5,8-10,13,15,17H,3-4,6-7,11-12,14H2,1-2H3,(H,32,36)(H,29,31,37)/t15-,17-. The van der Waals surface area contributed by atoms with Gasteiger partial charge in [-0.2, -0.15) is 0 Å². The molecule has 4 heterocycles. The molecule has 1 saturated carbocycles. The number of nitrogens with one attached hydrogen (secondary N) is 2. The van der Waals surface area contributed by atoms with E-state index in [9.17, 15) is 19.2 Å². The van der Waals surface area contributed by atoms with Gasteiger partial charge in [0, 0.05) is 38.8 Å². The highest BCUT2D eigenvalue weighted by Crippen LogP contribution is 2.34. The van der Waals surface area contributed by atoms with Crippen LogP contribution in [0.5, 0.6) is 0 Å². The second-order valence-electron chi connectivity index (χ2n) is 10.00. The predicted molar refractivity (Wildman–Crippen MR) is 146 cm³/mol. The highest BCUT2D eigenvalue weighted by Gasteiger charge is 2.34. The van der Waals surface area contributed by atoms with Crippen molar-refractivity contribution in [1.29, 1.82) is 0 Å². The van der Waals surface area contributed by atoms with Crippen LogP contribution in [0.15, 0.2) is 34.9 Å². The topological polar surface area (TPSA) is 147 Å². The van der Waals surface area contributed by atoms with Crippen molar-refractivity contribution in [3.8, 4) is 0 Å². The summed E-state index contributed by atoms with van der Waals surface area (Å²) in [5.41, 5.74) is 0.624. The molecule has 1 saturated heterocycles. The van der Waals surface area contributed by atoms with Crippen LogP contribution in [0.25, 0.3) is 11.1 Å². The van der Waals surface area contributed by atoms with Gasteiger partial charge in [-0.15, -0.1) is 0 Å². The number of nitrogens with zero attached hydrogens (tertiary/aromatic N) is 4. The fourth-order valence-electron chi connectivity index (χ4n) is 5.01. The molecule has 0 radical (unpaired) electrons. The van der Waals surface area contributed by atoms with Gasteiger partial charge in [0.25, 0.3) is 11.8 Å². The van der Waals surface area contributed by atoms with Crippen molar-refractivity contribution in [2.45, 2.75) is 31.7 Å². The molecule has 0 bridgehead atoms.